The van der Waals surface area contributed by atoms with Crippen LogP contribution in [0, 0.1) is 16.7 Å². The summed E-state index contributed by atoms with van der Waals surface area (Å²) >= 11 is 4.28. The van der Waals surface area contributed by atoms with Gasteiger partial charge in [0.05, 0.1) is 5.75 Å². The van der Waals surface area contributed by atoms with Crippen LogP contribution in [0.5, 0.6) is 0 Å². The average Bonchev–Trinajstić information content (AvgIpc) is 3.07. The fraction of sp³-hybridized carbons (Fsp3) is 0.800. The lowest BCUT2D eigenvalue weighted by Crippen LogP contribution is -2.38. The highest BCUT2D eigenvalue weighted by Crippen LogP contribution is 2.66. The van der Waals surface area contributed by atoms with E-state index in [4.69, 9.17) is 4.74 Å². The topological polar surface area (TPSA) is 52.1 Å². The molecule has 3 rings (SSSR count). The lowest BCUT2D eigenvalue weighted by molar-refractivity contribution is -0.153. The number of hydrogen-bond acceptors (Lipinski definition) is 7. The van der Waals surface area contributed by atoms with Crippen molar-refractivity contribution in [2.75, 3.05) is 12.0 Å². The summed E-state index contributed by atoms with van der Waals surface area (Å²) in [5.74, 6) is 0.886. The maximum atomic E-state index is 12.2. The van der Waals surface area contributed by atoms with Crippen molar-refractivity contribution in [2.24, 2.45) is 16.7 Å². The highest BCUT2D eigenvalue weighted by molar-refractivity contribution is 8.01. The molecule has 122 valence electrons. The molecule has 0 saturated heterocycles. The zero-order valence-corrected chi connectivity index (χ0v) is 15.9. The second-order valence-electron chi connectivity index (χ2n) is 6.92. The Hall–Kier alpha value is -0.270. The zero-order chi connectivity index (χ0) is 16.0. The molecular weight excluding hydrogens is 336 g/mol. The summed E-state index contributed by atoms with van der Waals surface area (Å²) in [6.07, 6.45) is 5.49. The summed E-state index contributed by atoms with van der Waals surface area (Å²) in [5.41, 5.74) is 0.407. The normalized spacial score (nSPS) is 32.4. The third-order valence-electron chi connectivity index (χ3n) is 5.87. The Kier molecular flexibility index (Phi) is 4.51. The molecule has 4 nitrogen and oxygen atoms in total. The minimum Gasteiger partial charge on any atom is -0.461 e. The molecule has 0 unspecified atom stereocenters. The molecule has 2 aliphatic carbocycles. The molecule has 1 aromatic heterocycles. The smallest absolute Gasteiger partial charge is 0.316 e. The molecule has 7 heteroatoms. The molecule has 1 heterocycles. The number of hydrogen-bond donors (Lipinski definition) is 0. The second kappa shape index (κ2) is 5.98. The number of nitrogens with zero attached hydrogens (tertiary/aromatic N) is 2. The Morgan fingerprint density at radius 1 is 1.45 bits per heavy atom. The van der Waals surface area contributed by atoms with Crippen molar-refractivity contribution in [2.45, 2.75) is 55.6 Å². The predicted molar refractivity (Wildman–Crippen MR) is 91.5 cm³/mol. The Bertz CT molecular complexity index is 575. The van der Waals surface area contributed by atoms with Crippen LogP contribution in [0.2, 0.25) is 0 Å². The van der Waals surface area contributed by atoms with Crippen LogP contribution in [0.15, 0.2) is 9.50 Å². The summed E-state index contributed by atoms with van der Waals surface area (Å²) in [7, 11) is 0. The molecule has 2 bridgehead atoms. The third-order valence-corrected chi connectivity index (χ3v) is 8.34. The molecule has 22 heavy (non-hydrogen) atoms. The summed E-state index contributed by atoms with van der Waals surface area (Å²) in [4.78, 5) is 16.5. The van der Waals surface area contributed by atoms with Gasteiger partial charge < -0.3 is 4.74 Å². The molecule has 2 fully saturated rings. The molecular formula is C15H22N2O2S3. The van der Waals surface area contributed by atoms with Crippen LogP contribution >= 0.6 is 35.1 Å². The van der Waals surface area contributed by atoms with E-state index in [-0.39, 0.29) is 22.9 Å². The van der Waals surface area contributed by atoms with Crippen molar-refractivity contribution in [1.82, 2.24) is 9.36 Å². The molecule has 0 aromatic carbocycles. The Labute approximate surface area is 144 Å². The highest BCUT2D eigenvalue weighted by atomic mass is 32.2. The standard InChI is InChI=1S/C15H22N2O2S3/c1-14(2)9-5-6-15(14,3)10(7-9)19-11(18)8-21-13-16-12(20-4)17-22-13/h9-10H,5-8H2,1-4H3/t9-,10+,15-/m0/s1. The number of carbonyl (C=O) groups is 1. The first kappa shape index (κ1) is 16.6. The van der Waals surface area contributed by atoms with Gasteiger partial charge in [0.1, 0.15) is 6.10 Å². The van der Waals surface area contributed by atoms with E-state index >= 15 is 0 Å². The summed E-state index contributed by atoms with van der Waals surface area (Å²) in [6, 6.07) is 0. The van der Waals surface area contributed by atoms with Crippen LogP contribution in [-0.2, 0) is 9.53 Å². The number of esters is 1. The molecule has 2 aliphatic rings. The van der Waals surface area contributed by atoms with Gasteiger partial charge in [0.2, 0.25) is 5.16 Å². The van der Waals surface area contributed by atoms with Gasteiger partial charge in [0.25, 0.3) is 0 Å². The average molecular weight is 359 g/mol. The van der Waals surface area contributed by atoms with Crippen molar-refractivity contribution in [3.63, 3.8) is 0 Å². The van der Waals surface area contributed by atoms with E-state index in [2.05, 4.69) is 30.1 Å². The molecule has 0 radical (unpaired) electrons. The summed E-state index contributed by atoms with van der Waals surface area (Å²) in [5, 5.41) is 0.767. The monoisotopic (exact) mass is 358 g/mol. The highest BCUT2D eigenvalue weighted by Gasteiger charge is 2.62. The maximum absolute atomic E-state index is 12.2. The van der Waals surface area contributed by atoms with Crippen LogP contribution in [-0.4, -0.2) is 33.4 Å². The fourth-order valence-corrected chi connectivity index (χ4v) is 5.95. The molecule has 3 atom stereocenters. The summed E-state index contributed by atoms with van der Waals surface area (Å²) in [6.45, 7) is 6.96. The molecule has 0 spiro atoms. The Morgan fingerprint density at radius 3 is 2.77 bits per heavy atom. The number of thioether (sulfide) groups is 2. The van der Waals surface area contributed by atoms with E-state index in [1.165, 1.54) is 47.9 Å². The largest absolute Gasteiger partial charge is 0.461 e. The van der Waals surface area contributed by atoms with Crippen molar-refractivity contribution < 1.29 is 9.53 Å². The van der Waals surface area contributed by atoms with E-state index < -0.39 is 0 Å². The molecule has 0 N–H and O–H groups in total. The second-order valence-corrected chi connectivity index (χ2v) is 9.67. The van der Waals surface area contributed by atoms with E-state index in [0.717, 1.165) is 15.9 Å². The predicted octanol–water partition coefficient (Wildman–Crippen LogP) is 4.11. The lowest BCUT2D eigenvalue weighted by Gasteiger charge is -2.38. The minimum absolute atomic E-state index is 0.0746. The van der Waals surface area contributed by atoms with Crippen LogP contribution in [0.25, 0.3) is 0 Å². The van der Waals surface area contributed by atoms with Crippen molar-refractivity contribution in [3.8, 4) is 0 Å². The summed E-state index contributed by atoms with van der Waals surface area (Å²) < 4.78 is 10.9. The zero-order valence-electron chi connectivity index (χ0n) is 13.4. The maximum Gasteiger partial charge on any atom is 0.316 e. The van der Waals surface area contributed by atoms with E-state index in [9.17, 15) is 4.79 Å². The molecule has 2 saturated carbocycles. The molecule has 0 amide bonds. The first-order valence-electron chi connectivity index (χ1n) is 7.57. The number of aromatic nitrogens is 2. The van der Waals surface area contributed by atoms with Gasteiger partial charge in [-0.15, -0.1) is 0 Å². The van der Waals surface area contributed by atoms with Gasteiger partial charge >= 0.3 is 5.97 Å². The molecule has 1 aromatic rings. The molecule has 0 aliphatic heterocycles. The van der Waals surface area contributed by atoms with Gasteiger partial charge in [-0.05, 0) is 48.4 Å². The number of fused-ring (bicyclic) bond motifs is 2. The van der Waals surface area contributed by atoms with Crippen LogP contribution in [0.4, 0.5) is 0 Å². The van der Waals surface area contributed by atoms with Gasteiger partial charge in [0.15, 0.2) is 4.34 Å². The van der Waals surface area contributed by atoms with Gasteiger partial charge in [-0.2, -0.15) is 4.37 Å². The quantitative estimate of drug-likeness (QED) is 0.583. The fourth-order valence-electron chi connectivity index (χ4n) is 3.96. The number of ether oxygens (including phenoxy) is 1. The van der Waals surface area contributed by atoms with Crippen LogP contribution < -0.4 is 0 Å². The van der Waals surface area contributed by atoms with Gasteiger partial charge in [-0.1, -0.05) is 44.3 Å². The third kappa shape index (κ3) is 2.69. The Balaban J connectivity index is 1.55. The van der Waals surface area contributed by atoms with E-state index in [0.29, 0.717) is 11.7 Å². The number of carbonyl (C=O) groups excluding carboxylic acids is 1. The van der Waals surface area contributed by atoms with Crippen molar-refractivity contribution in [1.29, 1.82) is 0 Å². The van der Waals surface area contributed by atoms with Gasteiger partial charge in [-0.25, -0.2) is 4.98 Å². The van der Waals surface area contributed by atoms with Gasteiger partial charge in [0, 0.05) is 5.41 Å². The van der Waals surface area contributed by atoms with Crippen LogP contribution in [0.3, 0.4) is 0 Å². The van der Waals surface area contributed by atoms with E-state index in [1.807, 2.05) is 6.26 Å². The first-order valence-corrected chi connectivity index (χ1v) is 10.5. The minimum atomic E-state index is -0.125. The first-order chi connectivity index (χ1) is 10.4. The lowest BCUT2D eigenvalue weighted by atomic mass is 9.70. The SMILES string of the molecule is CSc1nsc(SCC(=O)O[C@@H]2C[C@@H]3CC[C@]2(C)C3(C)C)n1. The number of rotatable bonds is 5. The van der Waals surface area contributed by atoms with Crippen molar-refractivity contribution in [3.05, 3.63) is 0 Å². The van der Waals surface area contributed by atoms with Crippen LogP contribution in [0.1, 0.15) is 40.0 Å². The van der Waals surface area contributed by atoms with E-state index in [1.54, 1.807) is 0 Å². The Morgan fingerprint density at radius 2 is 2.23 bits per heavy atom. The van der Waals surface area contributed by atoms with Crippen molar-refractivity contribution >= 4 is 41.0 Å². The van der Waals surface area contributed by atoms with Gasteiger partial charge in [-0.3, -0.25) is 4.79 Å².